The molecular formula is C24H27NO5. The van der Waals surface area contributed by atoms with Crippen LogP contribution in [-0.4, -0.2) is 30.5 Å². The summed E-state index contributed by atoms with van der Waals surface area (Å²) in [5.41, 5.74) is 2.21. The van der Waals surface area contributed by atoms with Gasteiger partial charge in [0.15, 0.2) is 6.61 Å². The Morgan fingerprint density at radius 1 is 0.933 bits per heavy atom. The molecule has 2 aromatic carbocycles. The van der Waals surface area contributed by atoms with Crippen LogP contribution in [-0.2, 0) is 14.3 Å². The van der Waals surface area contributed by atoms with Gasteiger partial charge in [0.05, 0.1) is 5.56 Å². The van der Waals surface area contributed by atoms with E-state index in [1.165, 1.54) is 13.3 Å². The molecule has 6 nitrogen and oxygen atoms in total. The molecule has 2 atom stereocenters. The minimum Gasteiger partial charge on any atom is -0.452 e. The van der Waals surface area contributed by atoms with Crippen LogP contribution in [0.1, 0.15) is 49.9 Å². The number of carbonyl (C=O) groups excluding carboxylic acids is 3. The molecule has 1 saturated carbocycles. The monoisotopic (exact) mass is 409 g/mol. The third-order valence-electron chi connectivity index (χ3n) is 5.36. The van der Waals surface area contributed by atoms with Crippen LogP contribution in [0.4, 0.5) is 0 Å². The quantitative estimate of drug-likeness (QED) is 0.573. The van der Waals surface area contributed by atoms with Crippen LogP contribution >= 0.6 is 0 Å². The number of hydrogen-bond acceptors (Lipinski definition) is 5. The second kappa shape index (κ2) is 10.1. The Morgan fingerprint density at radius 3 is 2.13 bits per heavy atom. The van der Waals surface area contributed by atoms with Gasteiger partial charge in [-0.25, -0.2) is 4.79 Å². The van der Waals surface area contributed by atoms with Gasteiger partial charge >= 0.3 is 11.9 Å². The molecule has 0 spiro atoms. The fourth-order valence-corrected chi connectivity index (χ4v) is 3.67. The fourth-order valence-electron chi connectivity index (χ4n) is 3.67. The Hall–Kier alpha value is -3.15. The van der Waals surface area contributed by atoms with Gasteiger partial charge in [0.2, 0.25) is 0 Å². The zero-order chi connectivity index (χ0) is 21.5. The molecule has 1 N–H and O–H groups in total. The maximum absolute atomic E-state index is 12.3. The predicted octanol–water partition coefficient (Wildman–Crippen LogP) is 4.13. The first-order valence-corrected chi connectivity index (χ1v) is 10.3. The van der Waals surface area contributed by atoms with Crippen molar-refractivity contribution >= 4 is 17.8 Å². The first-order chi connectivity index (χ1) is 14.4. The Kier molecular flexibility index (Phi) is 7.22. The van der Waals surface area contributed by atoms with Crippen molar-refractivity contribution in [1.82, 2.24) is 5.32 Å². The molecule has 0 aliphatic heterocycles. The Bertz CT molecular complexity index is 889. The molecule has 1 fully saturated rings. The van der Waals surface area contributed by atoms with E-state index >= 15 is 0 Å². The van der Waals surface area contributed by atoms with Gasteiger partial charge in [0.1, 0.15) is 5.75 Å². The molecule has 3 rings (SSSR count). The van der Waals surface area contributed by atoms with E-state index in [0.29, 0.717) is 17.2 Å². The van der Waals surface area contributed by atoms with E-state index in [4.69, 9.17) is 9.47 Å². The highest BCUT2D eigenvalue weighted by atomic mass is 16.5. The van der Waals surface area contributed by atoms with Crippen molar-refractivity contribution < 1.29 is 23.9 Å². The number of benzene rings is 2. The Morgan fingerprint density at radius 2 is 1.53 bits per heavy atom. The fraction of sp³-hybridized carbons (Fsp3) is 0.375. The second-order valence-electron chi connectivity index (χ2n) is 7.71. The summed E-state index contributed by atoms with van der Waals surface area (Å²) in [6, 6.07) is 14.2. The zero-order valence-corrected chi connectivity index (χ0v) is 17.4. The summed E-state index contributed by atoms with van der Waals surface area (Å²) in [4.78, 5) is 35.3. The van der Waals surface area contributed by atoms with Crippen molar-refractivity contribution in [2.24, 2.45) is 5.92 Å². The molecular weight excluding hydrogens is 382 g/mol. The molecule has 1 aliphatic carbocycles. The van der Waals surface area contributed by atoms with E-state index in [1.807, 2.05) is 12.1 Å². The van der Waals surface area contributed by atoms with Gasteiger partial charge in [-0.1, -0.05) is 44.0 Å². The van der Waals surface area contributed by atoms with Gasteiger partial charge in [-0.2, -0.15) is 0 Å². The molecule has 0 radical (unpaired) electrons. The normalized spacial score (nSPS) is 18.3. The summed E-state index contributed by atoms with van der Waals surface area (Å²) in [5, 5.41) is 2.97. The lowest BCUT2D eigenvalue weighted by Gasteiger charge is -2.29. The smallest absolute Gasteiger partial charge is 0.338 e. The molecule has 0 unspecified atom stereocenters. The van der Waals surface area contributed by atoms with Gasteiger partial charge in [0, 0.05) is 13.0 Å². The topological polar surface area (TPSA) is 81.7 Å². The Balaban J connectivity index is 1.52. The third-order valence-corrected chi connectivity index (χ3v) is 5.36. The average molecular weight is 409 g/mol. The molecule has 158 valence electrons. The van der Waals surface area contributed by atoms with E-state index in [0.717, 1.165) is 30.4 Å². The number of esters is 2. The highest BCUT2D eigenvalue weighted by molar-refractivity contribution is 5.92. The van der Waals surface area contributed by atoms with E-state index in [9.17, 15) is 14.4 Å². The summed E-state index contributed by atoms with van der Waals surface area (Å²) in [6.45, 7) is 3.22. The van der Waals surface area contributed by atoms with Crippen molar-refractivity contribution in [3.8, 4) is 16.9 Å². The first kappa shape index (κ1) is 21.6. The molecule has 6 heteroatoms. The van der Waals surface area contributed by atoms with Crippen molar-refractivity contribution in [2.75, 3.05) is 6.61 Å². The molecule has 30 heavy (non-hydrogen) atoms. The van der Waals surface area contributed by atoms with Crippen LogP contribution < -0.4 is 10.1 Å². The van der Waals surface area contributed by atoms with E-state index in [-0.39, 0.29) is 24.5 Å². The number of amides is 1. The van der Waals surface area contributed by atoms with Crippen LogP contribution in [0, 0.1) is 5.92 Å². The van der Waals surface area contributed by atoms with Gasteiger partial charge in [-0.15, -0.1) is 0 Å². The largest absolute Gasteiger partial charge is 0.452 e. The predicted molar refractivity (Wildman–Crippen MR) is 113 cm³/mol. The molecule has 0 heterocycles. The maximum atomic E-state index is 12.3. The van der Waals surface area contributed by atoms with Crippen LogP contribution in [0.25, 0.3) is 11.1 Å². The maximum Gasteiger partial charge on any atom is 0.338 e. The highest BCUT2D eigenvalue weighted by Gasteiger charge is 2.23. The van der Waals surface area contributed by atoms with Crippen molar-refractivity contribution in [2.45, 2.75) is 45.6 Å². The molecule has 0 aromatic heterocycles. The third kappa shape index (κ3) is 5.92. The average Bonchev–Trinajstić information content (AvgIpc) is 2.74. The number of ether oxygens (including phenoxy) is 2. The van der Waals surface area contributed by atoms with Gasteiger partial charge in [0.25, 0.3) is 5.91 Å². The Labute approximate surface area is 176 Å². The lowest BCUT2D eigenvalue weighted by Crippen LogP contribution is -2.42. The van der Waals surface area contributed by atoms with Gasteiger partial charge in [-0.3, -0.25) is 9.59 Å². The molecule has 1 amide bonds. The number of rotatable bonds is 6. The summed E-state index contributed by atoms with van der Waals surface area (Å²) >= 11 is 0. The molecule has 1 aliphatic rings. The first-order valence-electron chi connectivity index (χ1n) is 10.3. The highest BCUT2D eigenvalue weighted by Crippen LogP contribution is 2.24. The summed E-state index contributed by atoms with van der Waals surface area (Å²) in [6.07, 6.45) is 4.41. The number of hydrogen-bond donors (Lipinski definition) is 1. The number of carbonyl (C=O) groups is 3. The van der Waals surface area contributed by atoms with Crippen molar-refractivity contribution in [3.05, 3.63) is 54.1 Å². The van der Waals surface area contributed by atoms with Crippen LogP contribution in [0.15, 0.2) is 48.5 Å². The van der Waals surface area contributed by atoms with E-state index in [2.05, 4.69) is 12.2 Å². The zero-order valence-electron chi connectivity index (χ0n) is 17.4. The standard InChI is InChI=1S/C24H27NO5/c1-16-5-3-4-6-22(16)25-23(27)15-29-24(28)20-9-7-18(8-10-20)19-11-13-21(14-12-19)30-17(2)26/h7-14,16,22H,3-6,15H2,1-2H3,(H,25,27)/t16-,22+/m1/s1. The number of nitrogens with one attached hydrogen (secondary N) is 1. The van der Waals surface area contributed by atoms with Crippen LogP contribution in [0.2, 0.25) is 0 Å². The molecule has 0 saturated heterocycles. The van der Waals surface area contributed by atoms with Crippen molar-refractivity contribution in [3.63, 3.8) is 0 Å². The molecule has 0 bridgehead atoms. The summed E-state index contributed by atoms with van der Waals surface area (Å²) in [7, 11) is 0. The van der Waals surface area contributed by atoms with Gasteiger partial charge in [-0.05, 0) is 54.2 Å². The lowest BCUT2D eigenvalue weighted by atomic mass is 9.86. The van der Waals surface area contributed by atoms with Crippen molar-refractivity contribution in [1.29, 1.82) is 0 Å². The summed E-state index contributed by atoms with van der Waals surface area (Å²) < 4.78 is 10.2. The van der Waals surface area contributed by atoms with E-state index in [1.54, 1.807) is 36.4 Å². The SMILES string of the molecule is CC(=O)Oc1ccc(-c2ccc(C(=O)OCC(=O)N[C@H]3CCCC[C@H]3C)cc2)cc1. The minimum atomic E-state index is -0.529. The summed E-state index contributed by atoms with van der Waals surface area (Å²) in [5.74, 6) is -0.223. The van der Waals surface area contributed by atoms with E-state index < -0.39 is 5.97 Å². The van der Waals surface area contributed by atoms with Crippen LogP contribution in [0.5, 0.6) is 5.75 Å². The lowest BCUT2D eigenvalue weighted by molar-refractivity contribution is -0.132. The minimum absolute atomic E-state index is 0.163. The second-order valence-corrected chi connectivity index (χ2v) is 7.71. The van der Waals surface area contributed by atoms with Crippen LogP contribution in [0.3, 0.4) is 0 Å². The molecule has 2 aromatic rings. The van der Waals surface area contributed by atoms with Gasteiger partial charge < -0.3 is 14.8 Å².